The number of rotatable bonds is 8. The van der Waals surface area contributed by atoms with Gasteiger partial charge in [0.25, 0.3) is 0 Å². The minimum absolute atomic E-state index is 0.976. The third-order valence-electron chi connectivity index (χ3n) is 11.5. The van der Waals surface area contributed by atoms with Crippen LogP contribution in [0.5, 0.6) is 0 Å². The van der Waals surface area contributed by atoms with Crippen LogP contribution < -0.4 is 4.90 Å². The molecule has 0 bridgehead atoms. The highest BCUT2D eigenvalue weighted by Crippen LogP contribution is 2.39. The van der Waals surface area contributed by atoms with Gasteiger partial charge < -0.3 is 9.47 Å². The molecule has 2 heteroatoms. The molecule has 0 spiro atoms. The molecule has 278 valence electrons. The van der Waals surface area contributed by atoms with Crippen molar-refractivity contribution in [3.05, 3.63) is 243 Å². The van der Waals surface area contributed by atoms with Gasteiger partial charge in [0.1, 0.15) is 0 Å². The van der Waals surface area contributed by atoms with Crippen LogP contribution in [0.2, 0.25) is 0 Å². The summed E-state index contributed by atoms with van der Waals surface area (Å²) in [4.78, 5) is 2.31. The summed E-state index contributed by atoms with van der Waals surface area (Å²) in [7, 11) is 0. The highest BCUT2D eigenvalue weighted by atomic mass is 15.1. The molecule has 0 saturated carbocycles. The Labute approximate surface area is 350 Å². The average molecular weight is 761 g/mol. The standard InChI is InChI=1S/C58H36N2/c1-3-11-41(12-4-1)45-23-32-50(33-24-45)59(51-34-25-46(26-35-51)42-13-5-2-6-14-42)52-36-27-47(28-37-52)43-19-21-44(22-20-43)48-29-38-53(39-30-48)60-57-18-10-9-17-55(57)56-40-31-49-15-7-8-16-54(49)58(56)60/h1,3-5,7-29,31-38,40H. The minimum Gasteiger partial charge on any atom is -0.311 e. The van der Waals surface area contributed by atoms with Gasteiger partial charge in [0.05, 0.1) is 16.7 Å². The Morgan fingerprint density at radius 2 is 0.900 bits per heavy atom. The molecule has 0 N–H and O–H groups in total. The van der Waals surface area contributed by atoms with Gasteiger partial charge in [-0.15, -0.1) is 0 Å². The zero-order valence-corrected chi connectivity index (χ0v) is 32.7. The van der Waals surface area contributed by atoms with E-state index < -0.39 is 0 Å². The molecule has 1 aromatic heterocycles. The molecule has 1 heterocycles. The van der Waals surface area contributed by atoms with E-state index in [1.807, 2.05) is 12.1 Å². The second-order valence-electron chi connectivity index (χ2n) is 15.1. The number of hydrogen-bond donors (Lipinski definition) is 0. The van der Waals surface area contributed by atoms with Crippen LogP contribution in [0, 0.1) is 24.3 Å². The fourth-order valence-corrected chi connectivity index (χ4v) is 8.51. The van der Waals surface area contributed by atoms with Crippen molar-refractivity contribution in [2.45, 2.75) is 0 Å². The van der Waals surface area contributed by atoms with Crippen molar-refractivity contribution < 1.29 is 0 Å². The van der Waals surface area contributed by atoms with Crippen LogP contribution in [0.4, 0.5) is 17.1 Å². The molecule has 0 atom stereocenters. The van der Waals surface area contributed by atoms with Crippen LogP contribution >= 0.6 is 0 Å². The van der Waals surface area contributed by atoms with Crippen LogP contribution in [-0.4, -0.2) is 4.57 Å². The molecule has 0 radical (unpaired) electrons. The topological polar surface area (TPSA) is 8.17 Å². The maximum atomic E-state index is 3.53. The van der Waals surface area contributed by atoms with E-state index in [0.29, 0.717) is 0 Å². The van der Waals surface area contributed by atoms with Crippen molar-refractivity contribution in [2.75, 3.05) is 4.90 Å². The summed E-state index contributed by atoms with van der Waals surface area (Å²) in [6, 6.07) is 90.7. The number of nitrogens with zero attached hydrogens (tertiary/aromatic N) is 2. The summed E-state index contributed by atoms with van der Waals surface area (Å²) in [6.07, 6.45) is 0. The molecular weight excluding hydrogens is 725 g/mol. The van der Waals surface area contributed by atoms with Crippen LogP contribution in [0.1, 0.15) is 0 Å². The third kappa shape index (κ3) is 6.31. The zero-order chi connectivity index (χ0) is 39.8. The Bertz CT molecular complexity index is 3150. The Morgan fingerprint density at radius 3 is 1.52 bits per heavy atom. The SMILES string of the molecule is c1ccc(-c2ccc(N(c3ccc(-c4ccccc4)cc3)c3ccc(-c4ccc(-c5c#cc(-n6c7ccccc7c7ccc8ccccc8c76)cc5)cc4)cc3)cc2)cc#1. The highest BCUT2D eigenvalue weighted by molar-refractivity contribution is 6.18. The Kier molecular flexibility index (Phi) is 8.66. The van der Waals surface area contributed by atoms with Gasteiger partial charge in [-0.2, -0.15) is 0 Å². The molecule has 0 amide bonds. The summed E-state index contributed by atoms with van der Waals surface area (Å²) in [5.41, 5.74) is 15.7. The fraction of sp³-hybridized carbons (Fsp3) is 0. The van der Waals surface area contributed by atoms with Crippen molar-refractivity contribution in [3.8, 4) is 50.2 Å². The fourth-order valence-electron chi connectivity index (χ4n) is 8.51. The first kappa shape index (κ1) is 34.9. The number of benzene rings is 8. The van der Waals surface area contributed by atoms with E-state index in [2.05, 4.69) is 240 Å². The van der Waals surface area contributed by atoms with E-state index in [1.165, 1.54) is 43.7 Å². The predicted molar refractivity (Wildman–Crippen MR) is 250 cm³/mol. The molecule has 0 fully saturated rings. The Hall–Kier alpha value is -8.30. The lowest BCUT2D eigenvalue weighted by atomic mass is 10.0. The maximum absolute atomic E-state index is 3.53. The van der Waals surface area contributed by atoms with Gasteiger partial charge >= 0.3 is 0 Å². The first-order chi connectivity index (χ1) is 29.7. The van der Waals surface area contributed by atoms with E-state index in [9.17, 15) is 0 Å². The number of fused-ring (bicyclic) bond motifs is 5. The smallest absolute Gasteiger partial charge is 0.0974 e. The van der Waals surface area contributed by atoms with Crippen molar-refractivity contribution in [1.29, 1.82) is 0 Å². The molecule has 0 aliphatic carbocycles. The summed E-state index contributed by atoms with van der Waals surface area (Å²) < 4.78 is 2.33. The summed E-state index contributed by atoms with van der Waals surface area (Å²) in [5.74, 6) is 0. The summed E-state index contributed by atoms with van der Waals surface area (Å²) >= 11 is 0. The van der Waals surface area contributed by atoms with Crippen molar-refractivity contribution in [1.82, 2.24) is 4.57 Å². The number of anilines is 3. The van der Waals surface area contributed by atoms with E-state index >= 15 is 0 Å². The predicted octanol–water partition coefficient (Wildman–Crippen LogP) is 15.3. The molecule has 60 heavy (non-hydrogen) atoms. The first-order valence-corrected chi connectivity index (χ1v) is 20.3. The van der Waals surface area contributed by atoms with Crippen molar-refractivity contribution >= 4 is 49.6 Å². The van der Waals surface area contributed by atoms with E-state index in [0.717, 1.165) is 56.1 Å². The quantitative estimate of drug-likeness (QED) is 0.150. The lowest BCUT2D eigenvalue weighted by Crippen LogP contribution is -2.09. The molecule has 0 aliphatic rings. The molecule has 0 unspecified atom stereocenters. The summed E-state index contributed by atoms with van der Waals surface area (Å²) in [5, 5.41) is 4.93. The van der Waals surface area contributed by atoms with Crippen LogP contribution in [0.15, 0.2) is 218 Å². The van der Waals surface area contributed by atoms with Gasteiger partial charge in [-0.25, -0.2) is 0 Å². The van der Waals surface area contributed by atoms with Gasteiger partial charge in [-0.1, -0.05) is 164 Å². The van der Waals surface area contributed by atoms with Gasteiger partial charge in [-0.05, 0) is 123 Å². The van der Waals surface area contributed by atoms with Gasteiger partial charge in [-0.3, -0.25) is 0 Å². The monoisotopic (exact) mass is 760 g/mol. The molecule has 2 nitrogen and oxygen atoms in total. The molecule has 0 aliphatic heterocycles. The number of para-hydroxylation sites is 1. The van der Waals surface area contributed by atoms with E-state index in [1.54, 1.807) is 0 Å². The second-order valence-corrected chi connectivity index (χ2v) is 15.1. The lowest BCUT2D eigenvalue weighted by Gasteiger charge is -2.26. The van der Waals surface area contributed by atoms with Crippen molar-refractivity contribution in [2.24, 2.45) is 0 Å². The molecule has 11 rings (SSSR count). The molecule has 10 aromatic carbocycles. The first-order valence-electron chi connectivity index (χ1n) is 20.3. The largest absolute Gasteiger partial charge is 0.311 e. The normalized spacial score (nSPS) is 11.1. The Balaban J connectivity index is 0.884. The van der Waals surface area contributed by atoms with Crippen LogP contribution in [0.3, 0.4) is 0 Å². The average Bonchev–Trinajstić information content (AvgIpc) is 3.68. The van der Waals surface area contributed by atoms with E-state index in [-0.39, 0.29) is 0 Å². The van der Waals surface area contributed by atoms with E-state index in [4.69, 9.17) is 0 Å². The number of aromatic nitrogens is 1. The maximum Gasteiger partial charge on any atom is 0.0974 e. The molecule has 11 aromatic rings. The van der Waals surface area contributed by atoms with Crippen molar-refractivity contribution in [3.63, 3.8) is 0 Å². The van der Waals surface area contributed by atoms with Crippen LogP contribution in [0.25, 0.3) is 82.8 Å². The van der Waals surface area contributed by atoms with Gasteiger partial charge in [0.15, 0.2) is 0 Å². The molecular formula is C58H36N2. The lowest BCUT2D eigenvalue weighted by molar-refractivity contribution is 1.19. The van der Waals surface area contributed by atoms with Gasteiger partial charge in [0.2, 0.25) is 0 Å². The zero-order valence-electron chi connectivity index (χ0n) is 32.7. The third-order valence-corrected chi connectivity index (χ3v) is 11.5. The second kappa shape index (κ2) is 14.9. The minimum atomic E-state index is 0.976. The Morgan fingerprint density at radius 1 is 0.350 bits per heavy atom. The molecule has 0 saturated heterocycles. The van der Waals surface area contributed by atoms with Gasteiger partial charge in [0, 0.05) is 38.8 Å². The summed E-state index contributed by atoms with van der Waals surface area (Å²) in [6.45, 7) is 0. The van der Waals surface area contributed by atoms with Crippen LogP contribution in [-0.2, 0) is 0 Å². The number of hydrogen-bond acceptors (Lipinski definition) is 1. The highest BCUT2D eigenvalue weighted by Gasteiger charge is 2.16.